The number of halogens is 1. The van der Waals surface area contributed by atoms with Crippen LogP contribution in [0.5, 0.6) is 17.2 Å². The summed E-state index contributed by atoms with van der Waals surface area (Å²) in [6.45, 7) is 0.293. The van der Waals surface area contributed by atoms with Gasteiger partial charge in [0.15, 0.2) is 11.6 Å². The summed E-state index contributed by atoms with van der Waals surface area (Å²) in [7, 11) is 0. The average Bonchev–Trinajstić information content (AvgIpc) is 2.30. The molecule has 0 saturated heterocycles. The number of benzene rings is 2. The Balaban J connectivity index is 2.25. The summed E-state index contributed by atoms with van der Waals surface area (Å²) >= 11 is 0. The highest BCUT2D eigenvalue weighted by Crippen LogP contribution is 2.41. The van der Waals surface area contributed by atoms with Gasteiger partial charge in [0, 0.05) is 17.2 Å². The average molecular weight is 232 g/mol. The van der Waals surface area contributed by atoms with Crippen molar-refractivity contribution in [1.82, 2.24) is 0 Å². The zero-order valence-electron chi connectivity index (χ0n) is 8.77. The Morgan fingerprint density at radius 2 is 1.88 bits per heavy atom. The largest absolute Gasteiger partial charge is 0.508 e. The van der Waals surface area contributed by atoms with Gasteiger partial charge in [-0.1, -0.05) is 6.07 Å². The number of phenols is 2. The molecule has 86 valence electrons. The first kappa shape index (κ1) is 9.96. The molecule has 2 aromatic carbocycles. The second-order valence-electron chi connectivity index (χ2n) is 3.93. The molecule has 0 radical (unpaired) electrons. The molecule has 3 nitrogen and oxygen atoms in total. The van der Waals surface area contributed by atoms with Crippen molar-refractivity contribution in [2.75, 3.05) is 0 Å². The quantitative estimate of drug-likeness (QED) is 0.734. The first-order valence-electron chi connectivity index (χ1n) is 5.13. The number of hydrogen-bond acceptors (Lipinski definition) is 3. The number of rotatable bonds is 0. The van der Waals surface area contributed by atoms with Gasteiger partial charge in [-0.25, -0.2) is 4.39 Å². The van der Waals surface area contributed by atoms with E-state index in [0.717, 1.165) is 11.1 Å². The van der Waals surface area contributed by atoms with Crippen LogP contribution in [0.15, 0.2) is 30.3 Å². The van der Waals surface area contributed by atoms with E-state index in [2.05, 4.69) is 0 Å². The van der Waals surface area contributed by atoms with Crippen molar-refractivity contribution in [3.63, 3.8) is 0 Å². The summed E-state index contributed by atoms with van der Waals surface area (Å²) in [5.74, 6) is -0.517. The fourth-order valence-electron chi connectivity index (χ4n) is 1.99. The predicted octanol–water partition coefficient (Wildman–Crippen LogP) is 2.80. The van der Waals surface area contributed by atoms with Crippen LogP contribution >= 0.6 is 0 Å². The summed E-state index contributed by atoms with van der Waals surface area (Å²) in [5.41, 5.74) is 2.19. The number of phenolic OH excluding ortho intramolecular Hbond substituents is 2. The molecule has 3 rings (SSSR count). The SMILES string of the molecule is Oc1ccc2c(c1)COc1cc(O)c(F)cc1-2. The van der Waals surface area contributed by atoms with Crippen LogP contribution in [0.4, 0.5) is 4.39 Å². The van der Waals surface area contributed by atoms with Gasteiger partial charge in [-0.15, -0.1) is 0 Å². The highest BCUT2D eigenvalue weighted by atomic mass is 19.1. The van der Waals surface area contributed by atoms with Crippen molar-refractivity contribution < 1.29 is 19.3 Å². The zero-order valence-corrected chi connectivity index (χ0v) is 8.77. The van der Waals surface area contributed by atoms with Crippen molar-refractivity contribution in [3.05, 3.63) is 41.7 Å². The van der Waals surface area contributed by atoms with Gasteiger partial charge in [-0.2, -0.15) is 0 Å². The van der Waals surface area contributed by atoms with Crippen molar-refractivity contribution in [2.24, 2.45) is 0 Å². The zero-order chi connectivity index (χ0) is 12.0. The first-order valence-corrected chi connectivity index (χ1v) is 5.13. The number of ether oxygens (including phenoxy) is 1. The highest BCUT2D eigenvalue weighted by Gasteiger charge is 2.20. The van der Waals surface area contributed by atoms with E-state index < -0.39 is 11.6 Å². The van der Waals surface area contributed by atoms with Crippen LogP contribution in [0.25, 0.3) is 11.1 Å². The van der Waals surface area contributed by atoms with Gasteiger partial charge in [0.2, 0.25) is 0 Å². The van der Waals surface area contributed by atoms with E-state index in [9.17, 15) is 14.6 Å². The molecule has 0 amide bonds. The molecular formula is C13H9FO3. The molecule has 0 spiro atoms. The van der Waals surface area contributed by atoms with Gasteiger partial charge >= 0.3 is 0 Å². The van der Waals surface area contributed by atoms with Crippen molar-refractivity contribution in [1.29, 1.82) is 0 Å². The fraction of sp³-hybridized carbons (Fsp3) is 0.0769. The molecule has 0 aliphatic carbocycles. The Kier molecular flexibility index (Phi) is 1.98. The van der Waals surface area contributed by atoms with E-state index in [1.807, 2.05) is 0 Å². The minimum absolute atomic E-state index is 0.148. The van der Waals surface area contributed by atoms with Crippen molar-refractivity contribution in [3.8, 4) is 28.4 Å². The second kappa shape index (κ2) is 3.38. The molecular weight excluding hydrogens is 223 g/mol. The number of hydrogen-bond donors (Lipinski definition) is 2. The van der Waals surface area contributed by atoms with E-state index in [4.69, 9.17) is 4.74 Å². The van der Waals surface area contributed by atoms with Crippen LogP contribution < -0.4 is 4.74 Å². The lowest BCUT2D eigenvalue weighted by molar-refractivity contribution is 0.298. The Labute approximate surface area is 96.7 Å². The van der Waals surface area contributed by atoms with Crippen molar-refractivity contribution >= 4 is 0 Å². The molecule has 2 aromatic rings. The van der Waals surface area contributed by atoms with E-state index >= 15 is 0 Å². The Hall–Kier alpha value is -2.23. The van der Waals surface area contributed by atoms with Gasteiger partial charge in [0.05, 0.1) is 0 Å². The van der Waals surface area contributed by atoms with E-state index in [-0.39, 0.29) is 5.75 Å². The molecule has 4 heteroatoms. The number of fused-ring (bicyclic) bond motifs is 3. The van der Waals surface area contributed by atoms with Gasteiger partial charge in [-0.05, 0) is 23.8 Å². The maximum atomic E-state index is 13.3. The molecule has 0 saturated carbocycles. The minimum Gasteiger partial charge on any atom is -0.508 e. The molecule has 1 aliphatic heterocycles. The van der Waals surface area contributed by atoms with Crippen molar-refractivity contribution in [2.45, 2.75) is 6.61 Å². The standard InChI is InChI=1S/C13H9FO3/c14-11-4-10-9-2-1-8(15)3-7(9)6-17-13(10)5-12(11)16/h1-5,15-16H,6H2. The summed E-state index contributed by atoms with van der Waals surface area (Å²) in [5, 5.41) is 18.6. The van der Waals surface area contributed by atoms with Gasteiger partial charge in [0.1, 0.15) is 18.1 Å². The minimum atomic E-state index is -0.687. The summed E-state index contributed by atoms with van der Waals surface area (Å²) in [6.07, 6.45) is 0. The fourth-order valence-corrected chi connectivity index (χ4v) is 1.99. The van der Waals surface area contributed by atoms with E-state index in [0.29, 0.717) is 17.9 Å². The molecule has 1 heterocycles. The normalized spacial score (nSPS) is 12.5. The molecule has 0 atom stereocenters. The molecule has 1 aliphatic rings. The number of aromatic hydroxyl groups is 2. The van der Waals surface area contributed by atoms with Crippen LogP contribution in [0.2, 0.25) is 0 Å². The highest BCUT2D eigenvalue weighted by molar-refractivity contribution is 5.76. The van der Waals surface area contributed by atoms with Crippen LogP contribution in [0.1, 0.15) is 5.56 Å². The third kappa shape index (κ3) is 1.49. The lowest BCUT2D eigenvalue weighted by Gasteiger charge is -2.21. The third-order valence-corrected chi connectivity index (χ3v) is 2.81. The van der Waals surface area contributed by atoms with Crippen LogP contribution in [0, 0.1) is 5.82 Å². The topological polar surface area (TPSA) is 49.7 Å². The third-order valence-electron chi connectivity index (χ3n) is 2.81. The maximum Gasteiger partial charge on any atom is 0.165 e. The summed E-state index contributed by atoms with van der Waals surface area (Å²) in [6, 6.07) is 7.34. The molecule has 2 N–H and O–H groups in total. The van der Waals surface area contributed by atoms with Gasteiger partial charge < -0.3 is 14.9 Å². The second-order valence-corrected chi connectivity index (χ2v) is 3.93. The van der Waals surface area contributed by atoms with Crippen LogP contribution in [-0.4, -0.2) is 10.2 Å². The lowest BCUT2D eigenvalue weighted by atomic mass is 9.96. The van der Waals surface area contributed by atoms with E-state index in [1.165, 1.54) is 12.1 Å². The molecule has 0 aromatic heterocycles. The van der Waals surface area contributed by atoms with Gasteiger partial charge in [0.25, 0.3) is 0 Å². The van der Waals surface area contributed by atoms with Crippen LogP contribution in [0.3, 0.4) is 0 Å². The van der Waals surface area contributed by atoms with Gasteiger partial charge in [-0.3, -0.25) is 0 Å². The van der Waals surface area contributed by atoms with Crippen LogP contribution in [-0.2, 0) is 6.61 Å². The molecule has 0 bridgehead atoms. The monoisotopic (exact) mass is 232 g/mol. The Bertz CT molecular complexity index is 608. The Morgan fingerprint density at radius 1 is 1.06 bits per heavy atom. The first-order chi connectivity index (χ1) is 8.15. The maximum absolute atomic E-state index is 13.3. The predicted molar refractivity (Wildman–Crippen MR) is 59.5 cm³/mol. The van der Waals surface area contributed by atoms with E-state index in [1.54, 1.807) is 18.2 Å². The smallest absolute Gasteiger partial charge is 0.165 e. The summed E-state index contributed by atoms with van der Waals surface area (Å²) < 4.78 is 18.7. The Morgan fingerprint density at radius 3 is 2.71 bits per heavy atom. The molecule has 0 unspecified atom stereocenters. The molecule has 0 fully saturated rings. The summed E-state index contributed by atoms with van der Waals surface area (Å²) in [4.78, 5) is 0. The lowest BCUT2D eigenvalue weighted by Crippen LogP contribution is -2.05. The molecule has 17 heavy (non-hydrogen) atoms.